The van der Waals surface area contributed by atoms with Gasteiger partial charge in [-0.1, -0.05) is 41.9 Å². The largest absolute Gasteiger partial charge is 0.493 e. The Bertz CT molecular complexity index is 1880. The van der Waals surface area contributed by atoms with Gasteiger partial charge in [-0.15, -0.1) is 0 Å². The smallest absolute Gasteiger partial charge is 0.142 e. The van der Waals surface area contributed by atoms with Gasteiger partial charge in [0.15, 0.2) is 0 Å². The number of pyridine rings is 1. The Kier molecular flexibility index (Phi) is 13.2. The highest BCUT2D eigenvalue weighted by Crippen LogP contribution is 2.40. The first-order valence-corrected chi connectivity index (χ1v) is 18.7. The number of hydrogen-bond donors (Lipinski definition) is 3. The Balaban J connectivity index is 1.10. The molecule has 4 aromatic rings. The molecule has 0 amide bonds. The van der Waals surface area contributed by atoms with Crippen LogP contribution >= 0.6 is 11.6 Å². The van der Waals surface area contributed by atoms with Gasteiger partial charge in [0, 0.05) is 80.9 Å². The van der Waals surface area contributed by atoms with Gasteiger partial charge in [-0.3, -0.25) is 4.98 Å². The Morgan fingerprint density at radius 1 is 0.943 bits per heavy atom. The number of nitrogens with one attached hydrogen (secondary N) is 1. The number of ether oxygens (including phenoxy) is 4. The second-order valence-corrected chi connectivity index (χ2v) is 14.6. The van der Waals surface area contributed by atoms with Gasteiger partial charge in [0.05, 0.1) is 29.9 Å². The molecular formula is C42H49ClN4O6. The predicted octanol–water partition coefficient (Wildman–Crippen LogP) is 6.37. The molecule has 1 spiro atoms. The summed E-state index contributed by atoms with van der Waals surface area (Å²) in [4.78, 5) is 6.67. The lowest BCUT2D eigenvalue weighted by Gasteiger charge is -2.52. The zero-order valence-electron chi connectivity index (χ0n) is 30.6. The summed E-state index contributed by atoms with van der Waals surface area (Å²) in [7, 11) is 0. The van der Waals surface area contributed by atoms with E-state index in [1.54, 1.807) is 24.4 Å². The highest BCUT2D eigenvalue weighted by molar-refractivity contribution is 6.32. The molecular weight excluding hydrogens is 692 g/mol. The van der Waals surface area contributed by atoms with Crippen LogP contribution in [0.4, 0.5) is 0 Å². The number of nitriles is 1. The Morgan fingerprint density at radius 2 is 1.70 bits per heavy atom. The van der Waals surface area contributed by atoms with Crippen molar-refractivity contribution in [2.75, 3.05) is 52.6 Å². The van der Waals surface area contributed by atoms with E-state index in [-0.39, 0.29) is 26.4 Å². The SMILES string of the molecule is Cc1c(COc2cc(OCc3cncc(C#N)c3)c(CNC[C@H](O)CO)cc2Cl)cccc1-c1cccc(OCCCN2CC3(CCOCC3)C2)c1C. The second kappa shape index (κ2) is 18.2. The van der Waals surface area contributed by atoms with Crippen molar-refractivity contribution in [1.82, 2.24) is 15.2 Å². The molecule has 0 radical (unpaired) electrons. The van der Waals surface area contributed by atoms with Gasteiger partial charge in [0.25, 0.3) is 0 Å². The molecule has 53 heavy (non-hydrogen) atoms. The number of nitrogens with zero attached hydrogens (tertiary/aromatic N) is 3. The highest BCUT2D eigenvalue weighted by Gasteiger charge is 2.43. The molecule has 2 saturated heterocycles. The van der Waals surface area contributed by atoms with Gasteiger partial charge in [-0.2, -0.15) is 5.26 Å². The van der Waals surface area contributed by atoms with Crippen LogP contribution in [0.2, 0.25) is 5.02 Å². The fourth-order valence-corrected chi connectivity index (χ4v) is 7.43. The first kappa shape index (κ1) is 38.5. The molecule has 2 aliphatic heterocycles. The van der Waals surface area contributed by atoms with Crippen LogP contribution in [0.1, 0.15) is 52.6 Å². The van der Waals surface area contributed by atoms with Crippen molar-refractivity contribution in [2.45, 2.75) is 59.0 Å². The number of benzene rings is 3. The molecule has 3 aromatic carbocycles. The van der Waals surface area contributed by atoms with Gasteiger partial charge in [-0.25, -0.2) is 0 Å². The maximum atomic E-state index is 9.80. The van der Waals surface area contributed by atoms with E-state index in [2.05, 4.69) is 59.4 Å². The Hall–Kier alpha value is -4.21. The van der Waals surface area contributed by atoms with Crippen LogP contribution in [0.5, 0.6) is 17.2 Å². The van der Waals surface area contributed by atoms with Crippen molar-refractivity contribution in [1.29, 1.82) is 5.26 Å². The molecule has 10 nitrogen and oxygen atoms in total. The van der Waals surface area contributed by atoms with Crippen molar-refractivity contribution in [3.8, 4) is 34.4 Å². The summed E-state index contributed by atoms with van der Waals surface area (Å²) in [5.41, 5.74) is 7.89. The monoisotopic (exact) mass is 740 g/mol. The number of halogens is 1. The van der Waals surface area contributed by atoms with Crippen molar-refractivity contribution < 1.29 is 29.2 Å². The van der Waals surface area contributed by atoms with Gasteiger partial charge < -0.3 is 39.4 Å². The van der Waals surface area contributed by atoms with E-state index in [9.17, 15) is 15.5 Å². The Labute approximate surface area is 317 Å². The van der Waals surface area contributed by atoms with E-state index in [0.717, 1.165) is 70.9 Å². The third-order valence-electron chi connectivity index (χ3n) is 10.3. The van der Waals surface area contributed by atoms with E-state index < -0.39 is 6.10 Å². The summed E-state index contributed by atoms with van der Waals surface area (Å²) in [6, 6.07) is 19.8. The summed E-state index contributed by atoms with van der Waals surface area (Å²) in [6.07, 6.45) is 5.63. The van der Waals surface area contributed by atoms with Crippen molar-refractivity contribution in [3.63, 3.8) is 0 Å². The standard InChI is InChI=1S/C42H49ClN4O6/c1-29-33(6-3-7-36(29)37-8-4-9-39(30(37)2)51-13-5-12-47-27-42(28-47)10-14-50-15-11-42)26-53-41-18-40(52-25-32-16-31(19-44)20-45-21-32)34(17-38(41)43)22-46-23-35(49)24-48/h3-4,6-9,16-18,20-21,35,46,48-49H,5,10-15,22-28H2,1-2H3/t35-/m0/s1. The summed E-state index contributed by atoms with van der Waals surface area (Å²) in [6.45, 7) is 10.8. The van der Waals surface area contributed by atoms with E-state index in [1.807, 2.05) is 12.1 Å². The van der Waals surface area contributed by atoms with Crippen LogP contribution in [-0.2, 0) is 24.5 Å². The molecule has 0 aliphatic carbocycles. The quantitative estimate of drug-likeness (QED) is 0.105. The molecule has 3 N–H and O–H groups in total. The van der Waals surface area contributed by atoms with Crippen molar-refractivity contribution >= 4 is 11.6 Å². The number of rotatable bonds is 17. The van der Waals surface area contributed by atoms with Gasteiger partial charge in [0.2, 0.25) is 0 Å². The van der Waals surface area contributed by atoms with Gasteiger partial charge in [0.1, 0.15) is 36.5 Å². The van der Waals surface area contributed by atoms with Crippen molar-refractivity contribution in [2.24, 2.45) is 5.41 Å². The molecule has 280 valence electrons. The number of likely N-dealkylation sites (tertiary alicyclic amines) is 1. The van der Waals surface area contributed by atoms with Gasteiger partial charge >= 0.3 is 0 Å². The molecule has 0 saturated carbocycles. The number of aliphatic hydroxyl groups is 2. The number of aromatic nitrogens is 1. The molecule has 3 heterocycles. The molecule has 6 rings (SSSR count). The molecule has 1 aromatic heterocycles. The first-order chi connectivity index (χ1) is 25.8. The minimum atomic E-state index is -0.888. The summed E-state index contributed by atoms with van der Waals surface area (Å²) < 4.78 is 24.4. The van der Waals surface area contributed by atoms with E-state index in [1.165, 1.54) is 32.1 Å². The average Bonchev–Trinajstić information content (AvgIpc) is 3.16. The fraction of sp³-hybridized carbons (Fsp3) is 0.429. The van der Waals surface area contributed by atoms with E-state index in [0.29, 0.717) is 40.7 Å². The first-order valence-electron chi connectivity index (χ1n) is 18.3. The summed E-state index contributed by atoms with van der Waals surface area (Å²) >= 11 is 6.75. The Morgan fingerprint density at radius 3 is 2.47 bits per heavy atom. The lowest BCUT2D eigenvalue weighted by Crippen LogP contribution is -2.58. The lowest BCUT2D eigenvalue weighted by molar-refractivity contribution is -0.0811. The summed E-state index contributed by atoms with van der Waals surface area (Å²) in [5.74, 6) is 1.90. The van der Waals surface area contributed by atoms with Crippen LogP contribution in [0.15, 0.2) is 67.0 Å². The maximum absolute atomic E-state index is 9.80. The number of aliphatic hydroxyl groups excluding tert-OH is 2. The van der Waals surface area contributed by atoms with E-state index >= 15 is 0 Å². The van der Waals surface area contributed by atoms with Crippen LogP contribution in [0.25, 0.3) is 11.1 Å². The zero-order chi connectivity index (χ0) is 37.2. The summed E-state index contributed by atoms with van der Waals surface area (Å²) in [5, 5.41) is 31.8. The molecule has 11 heteroatoms. The fourth-order valence-electron chi connectivity index (χ4n) is 7.19. The average molecular weight is 741 g/mol. The lowest BCUT2D eigenvalue weighted by atomic mass is 9.73. The molecule has 1 atom stereocenters. The topological polar surface area (TPSA) is 129 Å². The molecule has 0 bridgehead atoms. The third kappa shape index (κ3) is 9.86. The molecule has 2 fully saturated rings. The second-order valence-electron chi connectivity index (χ2n) is 14.2. The molecule has 2 aliphatic rings. The van der Waals surface area contributed by atoms with Gasteiger partial charge in [-0.05, 0) is 79.1 Å². The van der Waals surface area contributed by atoms with Crippen LogP contribution in [0.3, 0.4) is 0 Å². The third-order valence-corrected chi connectivity index (χ3v) is 10.6. The minimum Gasteiger partial charge on any atom is -0.493 e. The van der Waals surface area contributed by atoms with Crippen LogP contribution in [-0.4, -0.2) is 78.8 Å². The number of hydrogen-bond acceptors (Lipinski definition) is 10. The minimum absolute atomic E-state index is 0.175. The van der Waals surface area contributed by atoms with E-state index in [4.69, 9.17) is 30.5 Å². The van der Waals surface area contributed by atoms with Crippen LogP contribution in [0, 0.1) is 30.6 Å². The molecule has 0 unspecified atom stereocenters. The normalized spacial score (nSPS) is 15.8. The van der Waals surface area contributed by atoms with Crippen LogP contribution < -0.4 is 19.5 Å². The zero-order valence-corrected chi connectivity index (χ0v) is 31.3. The maximum Gasteiger partial charge on any atom is 0.142 e. The van der Waals surface area contributed by atoms with Crippen molar-refractivity contribution in [3.05, 3.63) is 105 Å². The highest BCUT2D eigenvalue weighted by atomic mass is 35.5. The predicted molar refractivity (Wildman–Crippen MR) is 204 cm³/mol.